The van der Waals surface area contributed by atoms with Gasteiger partial charge in [-0.05, 0) is 48.2 Å². The van der Waals surface area contributed by atoms with Crippen LogP contribution < -0.4 is 10.1 Å². The standard InChI is InChI=1S/C20H28NO4P/c1-2-3-14-25-20-11-9-19(10-12-20)18-7-5-17(6-8-18)16-21-13-4-15-26(22,23)24/h5-12,21H,2-4,13-16H2,1H3,(H2,22,23,24). The van der Waals surface area contributed by atoms with Gasteiger partial charge in [-0.15, -0.1) is 0 Å². The lowest BCUT2D eigenvalue weighted by Gasteiger charge is -2.09. The average Bonchev–Trinajstić information content (AvgIpc) is 2.62. The molecule has 0 saturated carbocycles. The normalized spacial score (nSPS) is 11.5. The Hall–Kier alpha value is -1.65. The molecule has 142 valence electrons. The zero-order valence-electron chi connectivity index (χ0n) is 15.2. The number of ether oxygens (including phenoxy) is 1. The largest absolute Gasteiger partial charge is 0.494 e. The fourth-order valence-electron chi connectivity index (χ4n) is 2.54. The molecule has 0 aliphatic rings. The minimum atomic E-state index is -3.88. The molecule has 0 saturated heterocycles. The molecule has 2 aromatic rings. The molecule has 0 atom stereocenters. The molecule has 5 nitrogen and oxygen atoms in total. The van der Waals surface area contributed by atoms with Gasteiger partial charge in [-0.1, -0.05) is 49.7 Å². The van der Waals surface area contributed by atoms with Crippen molar-refractivity contribution in [1.29, 1.82) is 0 Å². The van der Waals surface area contributed by atoms with Crippen molar-refractivity contribution in [2.24, 2.45) is 0 Å². The summed E-state index contributed by atoms with van der Waals surface area (Å²) in [6, 6.07) is 16.4. The molecule has 2 aromatic carbocycles. The zero-order chi connectivity index (χ0) is 18.8. The maximum absolute atomic E-state index is 10.8. The van der Waals surface area contributed by atoms with Crippen molar-refractivity contribution in [2.45, 2.75) is 32.7 Å². The first kappa shape index (κ1) is 20.7. The summed E-state index contributed by atoms with van der Waals surface area (Å²) in [5, 5.41) is 3.21. The predicted molar refractivity (Wildman–Crippen MR) is 106 cm³/mol. The van der Waals surface area contributed by atoms with E-state index in [0.29, 0.717) is 19.5 Å². The van der Waals surface area contributed by atoms with Gasteiger partial charge in [-0.3, -0.25) is 4.57 Å². The molecule has 3 N–H and O–H groups in total. The molecule has 0 radical (unpaired) electrons. The van der Waals surface area contributed by atoms with Gasteiger partial charge < -0.3 is 19.8 Å². The van der Waals surface area contributed by atoms with Crippen molar-refractivity contribution in [2.75, 3.05) is 19.3 Å². The first-order valence-electron chi connectivity index (χ1n) is 9.05. The monoisotopic (exact) mass is 377 g/mol. The van der Waals surface area contributed by atoms with Crippen LogP contribution in [0.2, 0.25) is 0 Å². The van der Waals surface area contributed by atoms with Crippen molar-refractivity contribution < 1.29 is 19.1 Å². The van der Waals surface area contributed by atoms with E-state index in [0.717, 1.165) is 41.9 Å². The molecule has 2 rings (SSSR count). The predicted octanol–water partition coefficient (Wildman–Crippen LogP) is 4.19. The Balaban J connectivity index is 1.80. The summed E-state index contributed by atoms with van der Waals surface area (Å²) in [6.07, 6.45) is 2.59. The lowest BCUT2D eigenvalue weighted by Crippen LogP contribution is -2.15. The van der Waals surface area contributed by atoms with Crippen LogP contribution in [-0.4, -0.2) is 29.1 Å². The van der Waals surface area contributed by atoms with Crippen LogP contribution >= 0.6 is 7.60 Å². The van der Waals surface area contributed by atoms with Crippen LogP contribution in [0.4, 0.5) is 0 Å². The molecule has 0 aliphatic carbocycles. The van der Waals surface area contributed by atoms with E-state index in [2.05, 4.69) is 48.6 Å². The second kappa shape index (κ2) is 10.5. The van der Waals surface area contributed by atoms with E-state index in [9.17, 15) is 4.57 Å². The lowest BCUT2D eigenvalue weighted by atomic mass is 10.0. The molecular weight excluding hydrogens is 349 g/mol. The van der Waals surface area contributed by atoms with Gasteiger partial charge in [0.1, 0.15) is 5.75 Å². The van der Waals surface area contributed by atoms with Crippen LogP contribution in [0, 0.1) is 0 Å². The van der Waals surface area contributed by atoms with Gasteiger partial charge in [0.2, 0.25) is 0 Å². The van der Waals surface area contributed by atoms with Crippen molar-refractivity contribution in [1.82, 2.24) is 5.32 Å². The fraction of sp³-hybridized carbons (Fsp3) is 0.400. The van der Waals surface area contributed by atoms with Gasteiger partial charge in [0.25, 0.3) is 0 Å². The molecule has 0 aromatic heterocycles. The fourth-order valence-corrected chi connectivity index (χ4v) is 3.11. The van der Waals surface area contributed by atoms with Gasteiger partial charge in [0, 0.05) is 6.54 Å². The van der Waals surface area contributed by atoms with Crippen LogP contribution in [-0.2, 0) is 11.1 Å². The highest BCUT2D eigenvalue weighted by atomic mass is 31.2. The Bertz CT molecular complexity index is 695. The van der Waals surface area contributed by atoms with Crippen LogP contribution in [0.3, 0.4) is 0 Å². The number of nitrogens with one attached hydrogen (secondary N) is 1. The summed E-state index contributed by atoms with van der Waals surface area (Å²) >= 11 is 0. The van der Waals surface area contributed by atoms with E-state index < -0.39 is 7.60 Å². The molecule has 0 unspecified atom stereocenters. The van der Waals surface area contributed by atoms with E-state index in [-0.39, 0.29) is 6.16 Å². The molecule has 0 aliphatic heterocycles. The van der Waals surface area contributed by atoms with Gasteiger partial charge in [-0.2, -0.15) is 0 Å². The SMILES string of the molecule is CCCCOc1ccc(-c2ccc(CNCCCP(=O)(O)O)cc2)cc1. The maximum Gasteiger partial charge on any atom is 0.325 e. The van der Waals surface area contributed by atoms with Crippen LogP contribution in [0.5, 0.6) is 5.75 Å². The van der Waals surface area contributed by atoms with Crippen molar-refractivity contribution in [3.63, 3.8) is 0 Å². The summed E-state index contributed by atoms with van der Waals surface area (Å²) in [7, 11) is -3.88. The minimum Gasteiger partial charge on any atom is -0.494 e. The Kier molecular flexibility index (Phi) is 8.33. The van der Waals surface area contributed by atoms with Gasteiger partial charge in [0.05, 0.1) is 12.8 Å². The van der Waals surface area contributed by atoms with E-state index >= 15 is 0 Å². The highest BCUT2D eigenvalue weighted by Gasteiger charge is 2.10. The molecule has 0 heterocycles. The minimum absolute atomic E-state index is 0.0723. The first-order chi connectivity index (χ1) is 12.5. The summed E-state index contributed by atoms with van der Waals surface area (Å²) in [4.78, 5) is 17.6. The second-order valence-corrected chi connectivity index (χ2v) is 8.12. The molecular formula is C20H28NO4P. The second-order valence-electron chi connectivity index (χ2n) is 6.34. The Morgan fingerprint density at radius 1 is 0.962 bits per heavy atom. The van der Waals surface area contributed by atoms with Crippen LogP contribution in [0.15, 0.2) is 48.5 Å². The van der Waals surface area contributed by atoms with E-state index in [1.807, 2.05) is 12.1 Å². The number of unbranched alkanes of at least 4 members (excludes halogenated alkanes) is 1. The summed E-state index contributed by atoms with van der Waals surface area (Å²) in [5.41, 5.74) is 3.44. The number of benzene rings is 2. The molecule has 6 heteroatoms. The number of rotatable bonds is 11. The highest BCUT2D eigenvalue weighted by Crippen LogP contribution is 2.34. The van der Waals surface area contributed by atoms with E-state index in [1.165, 1.54) is 0 Å². The Morgan fingerprint density at radius 3 is 2.15 bits per heavy atom. The summed E-state index contributed by atoms with van der Waals surface area (Å²) < 4.78 is 16.5. The van der Waals surface area contributed by atoms with Gasteiger partial charge in [0.15, 0.2) is 0 Å². The smallest absolute Gasteiger partial charge is 0.325 e. The third-order valence-electron chi connectivity index (χ3n) is 4.04. The van der Waals surface area contributed by atoms with E-state index in [4.69, 9.17) is 14.5 Å². The highest BCUT2D eigenvalue weighted by molar-refractivity contribution is 7.51. The Morgan fingerprint density at radius 2 is 1.58 bits per heavy atom. The molecule has 26 heavy (non-hydrogen) atoms. The number of hydrogen-bond donors (Lipinski definition) is 3. The third-order valence-corrected chi connectivity index (χ3v) is 4.94. The van der Waals surface area contributed by atoms with E-state index in [1.54, 1.807) is 0 Å². The third kappa shape index (κ3) is 7.71. The molecule has 0 bridgehead atoms. The van der Waals surface area contributed by atoms with Crippen molar-refractivity contribution >= 4 is 7.60 Å². The topological polar surface area (TPSA) is 78.8 Å². The van der Waals surface area contributed by atoms with Gasteiger partial charge >= 0.3 is 7.60 Å². The molecule has 0 amide bonds. The van der Waals surface area contributed by atoms with Crippen molar-refractivity contribution in [3.8, 4) is 16.9 Å². The number of hydrogen-bond acceptors (Lipinski definition) is 3. The van der Waals surface area contributed by atoms with Gasteiger partial charge in [-0.25, -0.2) is 0 Å². The molecule has 0 spiro atoms. The molecule has 0 fully saturated rings. The van der Waals surface area contributed by atoms with Crippen LogP contribution in [0.1, 0.15) is 31.7 Å². The van der Waals surface area contributed by atoms with Crippen molar-refractivity contribution in [3.05, 3.63) is 54.1 Å². The zero-order valence-corrected chi connectivity index (χ0v) is 16.1. The maximum atomic E-state index is 10.8. The summed E-state index contributed by atoms with van der Waals surface area (Å²) in [6.45, 7) is 4.18. The first-order valence-corrected chi connectivity index (χ1v) is 10.8. The average molecular weight is 377 g/mol. The Labute approximate surface area is 155 Å². The lowest BCUT2D eigenvalue weighted by molar-refractivity contribution is 0.309. The quantitative estimate of drug-likeness (QED) is 0.404. The summed E-state index contributed by atoms with van der Waals surface area (Å²) in [5.74, 6) is 0.901. The van der Waals surface area contributed by atoms with Crippen LogP contribution in [0.25, 0.3) is 11.1 Å².